The molecule has 0 unspecified atom stereocenters. The van der Waals surface area contributed by atoms with Crippen molar-refractivity contribution in [3.63, 3.8) is 0 Å². The Kier molecular flexibility index (Phi) is 7.55. The highest BCUT2D eigenvalue weighted by atomic mass is 32.2. The minimum absolute atomic E-state index is 0.0171. The SMILES string of the molecule is CSc1ccc(CN(C)C(=O)Nc2ccc(OCC(=O)N(C)C)cc2)cc1. The van der Waals surface area contributed by atoms with Crippen LogP contribution >= 0.6 is 11.8 Å². The minimum atomic E-state index is -0.194. The van der Waals surface area contributed by atoms with E-state index in [2.05, 4.69) is 5.32 Å². The number of ether oxygens (including phenoxy) is 1. The summed E-state index contributed by atoms with van der Waals surface area (Å²) in [5, 5.41) is 2.85. The predicted octanol–water partition coefficient (Wildman–Crippen LogP) is 3.54. The van der Waals surface area contributed by atoms with Crippen molar-refractivity contribution in [2.24, 2.45) is 0 Å². The molecule has 27 heavy (non-hydrogen) atoms. The lowest BCUT2D eigenvalue weighted by molar-refractivity contribution is -0.130. The van der Waals surface area contributed by atoms with E-state index in [9.17, 15) is 9.59 Å². The lowest BCUT2D eigenvalue weighted by Gasteiger charge is -2.18. The highest BCUT2D eigenvalue weighted by Gasteiger charge is 2.10. The van der Waals surface area contributed by atoms with Gasteiger partial charge in [0.2, 0.25) is 0 Å². The Morgan fingerprint density at radius 2 is 1.63 bits per heavy atom. The van der Waals surface area contributed by atoms with Gasteiger partial charge >= 0.3 is 6.03 Å². The molecule has 1 N–H and O–H groups in total. The summed E-state index contributed by atoms with van der Waals surface area (Å²) in [6.07, 6.45) is 2.03. The van der Waals surface area contributed by atoms with Gasteiger partial charge in [0, 0.05) is 38.3 Å². The molecule has 0 heterocycles. The number of carbonyl (C=O) groups is 2. The summed E-state index contributed by atoms with van der Waals surface area (Å²) in [4.78, 5) is 28.2. The smallest absolute Gasteiger partial charge is 0.321 e. The topological polar surface area (TPSA) is 61.9 Å². The molecular formula is C20H25N3O3S. The van der Waals surface area contributed by atoms with Gasteiger partial charge in [-0.05, 0) is 48.2 Å². The van der Waals surface area contributed by atoms with Crippen LogP contribution in [0.25, 0.3) is 0 Å². The van der Waals surface area contributed by atoms with Crippen molar-refractivity contribution < 1.29 is 14.3 Å². The number of nitrogens with zero attached hydrogens (tertiary/aromatic N) is 2. The van der Waals surface area contributed by atoms with Crippen LogP contribution in [-0.4, -0.2) is 55.7 Å². The summed E-state index contributed by atoms with van der Waals surface area (Å²) < 4.78 is 5.42. The van der Waals surface area contributed by atoms with Gasteiger partial charge < -0.3 is 19.9 Å². The maximum Gasteiger partial charge on any atom is 0.321 e. The first-order valence-electron chi connectivity index (χ1n) is 8.47. The standard InChI is InChI=1S/C20H25N3O3S/c1-22(2)19(24)14-26-17-9-7-16(8-10-17)21-20(25)23(3)13-15-5-11-18(27-4)12-6-15/h5-12H,13-14H2,1-4H3,(H,21,25). The second-order valence-corrected chi connectivity index (χ2v) is 7.12. The van der Waals surface area contributed by atoms with Crippen LogP contribution in [0.2, 0.25) is 0 Å². The molecule has 2 rings (SSSR count). The number of carbonyl (C=O) groups excluding carboxylic acids is 2. The van der Waals surface area contributed by atoms with Crippen LogP contribution in [0.1, 0.15) is 5.56 Å². The number of hydrogen-bond donors (Lipinski definition) is 1. The minimum Gasteiger partial charge on any atom is -0.484 e. The largest absolute Gasteiger partial charge is 0.484 e. The van der Waals surface area contributed by atoms with Crippen LogP contribution in [-0.2, 0) is 11.3 Å². The Morgan fingerprint density at radius 1 is 1.00 bits per heavy atom. The normalized spacial score (nSPS) is 10.2. The molecule has 0 atom stereocenters. The molecule has 0 aliphatic carbocycles. The monoisotopic (exact) mass is 387 g/mol. The first-order chi connectivity index (χ1) is 12.9. The Balaban J connectivity index is 1.85. The molecule has 0 aliphatic heterocycles. The molecule has 3 amide bonds. The third-order valence-corrected chi connectivity index (χ3v) is 4.64. The molecule has 144 valence electrons. The number of likely N-dealkylation sites (N-methyl/N-ethyl adjacent to an activating group) is 1. The fraction of sp³-hybridized carbons (Fsp3) is 0.300. The molecular weight excluding hydrogens is 362 g/mol. The van der Waals surface area contributed by atoms with E-state index in [-0.39, 0.29) is 18.5 Å². The highest BCUT2D eigenvalue weighted by molar-refractivity contribution is 7.98. The van der Waals surface area contributed by atoms with Crippen molar-refractivity contribution in [2.75, 3.05) is 39.3 Å². The van der Waals surface area contributed by atoms with Crippen molar-refractivity contribution in [2.45, 2.75) is 11.4 Å². The zero-order valence-electron chi connectivity index (χ0n) is 16.1. The van der Waals surface area contributed by atoms with Gasteiger partial charge in [-0.15, -0.1) is 11.8 Å². The van der Waals surface area contributed by atoms with E-state index in [1.54, 1.807) is 62.1 Å². The zero-order chi connectivity index (χ0) is 19.8. The Morgan fingerprint density at radius 3 is 2.19 bits per heavy atom. The average molecular weight is 388 g/mol. The molecule has 0 aliphatic rings. The van der Waals surface area contributed by atoms with Gasteiger partial charge in [0.25, 0.3) is 5.91 Å². The van der Waals surface area contributed by atoms with Crippen LogP contribution in [0.4, 0.5) is 10.5 Å². The summed E-state index contributed by atoms with van der Waals surface area (Å²) in [6.45, 7) is 0.505. The number of urea groups is 1. The van der Waals surface area contributed by atoms with Crippen molar-refractivity contribution in [1.29, 1.82) is 0 Å². The molecule has 2 aromatic carbocycles. The number of nitrogens with one attached hydrogen (secondary N) is 1. The predicted molar refractivity (Wildman–Crippen MR) is 109 cm³/mol. The van der Waals surface area contributed by atoms with Gasteiger partial charge in [-0.25, -0.2) is 4.79 Å². The highest BCUT2D eigenvalue weighted by Crippen LogP contribution is 2.18. The molecule has 7 heteroatoms. The second-order valence-electron chi connectivity index (χ2n) is 6.24. The fourth-order valence-corrected chi connectivity index (χ4v) is 2.61. The number of hydrogen-bond acceptors (Lipinski definition) is 4. The molecule has 6 nitrogen and oxygen atoms in total. The number of anilines is 1. The maximum atomic E-state index is 12.3. The average Bonchev–Trinajstić information content (AvgIpc) is 2.67. The molecule has 0 bridgehead atoms. The van der Waals surface area contributed by atoms with Crippen LogP contribution in [0.15, 0.2) is 53.4 Å². The third-order valence-electron chi connectivity index (χ3n) is 3.89. The van der Waals surface area contributed by atoms with Crippen molar-refractivity contribution >= 4 is 29.4 Å². The molecule has 0 radical (unpaired) electrons. The van der Waals surface area contributed by atoms with Crippen LogP contribution in [0, 0.1) is 0 Å². The number of rotatable bonds is 7. The maximum absolute atomic E-state index is 12.3. The van der Waals surface area contributed by atoms with Gasteiger partial charge in [0.05, 0.1) is 0 Å². The number of benzene rings is 2. The molecule has 0 spiro atoms. The van der Waals surface area contributed by atoms with E-state index in [4.69, 9.17) is 4.74 Å². The number of amides is 3. The summed E-state index contributed by atoms with van der Waals surface area (Å²) in [5.41, 5.74) is 1.73. The van der Waals surface area contributed by atoms with Gasteiger partial charge in [0.1, 0.15) is 5.75 Å². The zero-order valence-corrected chi connectivity index (χ0v) is 16.9. The van der Waals surface area contributed by atoms with E-state index in [1.807, 2.05) is 30.5 Å². The Labute approximate surface area is 164 Å². The van der Waals surface area contributed by atoms with E-state index in [0.717, 1.165) is 5.56 Å². The van der Waals surface area contributed by atoms with Gasteiger partial charge in [-0.1, -0.05) is 12.1 Å². The van der Waals surface area contributed by atoms with Crippen LogP contribution in [0.3, 0.4) is 0 Å². The first-order valence-corrected chi connectivity index (χ1v) is 9.69. The first kappa shape index (κ1) is 20.6. The lowest BCUT2D eigenvalue weighted by atomic mass is 10.2. The summed E-state index contributed by atoms with van der Waals surface area (Å²) in [5.74, 6) is 0.463. The Hall–Kier alpha value is -2.67. The van der Waals surface area contributed by atoms with Crippen molar-refractivity contribution in [3.05, 3.63) is 54.1 Å². The van der Waals surface area contributed by atoms with E-state index >= 15 is 0 Å². The molecule has 0 fully saturated rings. The molecule has 0 saturated heterocycles. The summed E-state index contributed by atoms with van der Waals surface area (Å²) in [7, 11) is 5.11. The van der Waals surface area contributed by atoms with E-state index in [1.165, 1.54) is 9.80 Å². The number of thioether (sulfide) groups is 1. The van der Waals surface area contributed by atoms with Crippen molar-refractivity contribution in [1.82, 2.24) is 9.80 Å². The van der Waals surface area contributed by atoms with E-state index in [0.29, 0.717) is 18.0 Å². The van der Waals surface area contributed by atoms with E-state index < -0.39 is 0 Å². The summed E-state index contributed by atoms with van der Waals surface area (Å²) in [6, 6.07) is 14.9. The summed E-state index contributed by atoms with van der Waals surface area (Å²) >= 11 is 1.69. The Bertz CT molecular complexity index is 761. The van der Waals surface area contributed by atoms with Crippen LogP contribution in [0.5, 0.6) is 5.75 Å². The molecule has 2 aromatic rings. The molecule has 0 aromatic heterocycles. The van der Waals surface area contributed by atoms with Gasteiger partial charge in [-0.3, -0.25) is 4.79 Å². The third kappa shape index (κ3) is 6.53. The lowest BCUT2D eigenvalue weighted by Crippen LogP contribution is -2.30. The quantitative estimate of drug-likeness (QED) is 0.738. The van der Waals surface area contributed by atoms with Gasteiger partial charge in [0.15, 0.2) is 6.61 Å². The fourth-order valence-electron chi connectivity index (χ4n) is 2.20. The van der Waals surface area contributed by atoms with Gasteiger partial charge in [-0.2, -0.15) is 0 Å². The van der Waals surface area contributed by atoms with Crippen molar-refractivity contribution in [3.8, 4) is 5.75 Å². The molecule has 0 saturated carbocycles. The second kappa shape index (κ2) is 9.87. The van der Waals surface area contributed by atoms with Crippen LogP contribution < -0.4 is 10.1 Å².